The molecule has 0 aliphatic carbocycles. The van der Waals surface area contributed by atoms with Crippen LogP contribution in [0.2, 0.25) is 5.39 Å². The molecule has 218 valence electrons. The van der Waals surface area contributed by atoms with E-state index in [0.29, 0.717) is 14.4 Å². The second kappa shape index (κ2) is 15.8. The summed E-state index contributed by atoms with van der Waals surface area (Å²) in [6, 6.07) is 64.7. The Labute approximate surface area is 262 Å². The van der Waals surface area contributed by atoms with Crippen molar-refractivity contribution in [3.63, 3.8) is 0 Å². The van der Waals surface area contributed by atoms with Crippen LogP contribution in [-0.2, 0) is 14.4 Å². The van der Waals surface area contributed by atoms with E-state index in [9.17, 15) is 8.78 Å². The first-order chi connectivity index (χ1) is 21.1. The van der Waals surface area contributed by atoms with Crippen LogP contribution < -0.4 is 31.8 Å². The molecule has 7 rings (SSSR count). The molecule has 0 unspecified atom stereocenters. The molecule has 5 heteroatoms. The van der Waals surface area contributed by atoms with Gasteiger partial charge in [-0.05, 0) is 47.7 Å². The van der Waals surface area contributed by atoms with Crippen molar-refractivity contribution in [1.82, 2.24) is 0 Å². The van der Waals surface area contributed by atoms with Gasteiger partial charge in [0, 0.05) is 0 Å². The van der Waals surface area contributed by atoms with Gasteiger partial charge in [0.05, 0.1) is 0 Å². The zero-order valence-corrected chi connectivity index (χ0v) is 26.3. The summed E-state index contributed by atoms with van der Waals surface area (Å²) in [5.74, 6) is 0. The molecule has 6 aromatic rings. The fourth-order valence-electron chi connectivity index (χ4n) is 4.40. The van der Waals surface area contributed by atoms with Crippen LogP contribution in [0.3, 0.4) is 0 Å². The molecule has 1 aliphatic rings. The van der Waals surface area contributed by atoms with Gasteiger partial charge in [-0.15, -0.1) is 0 Å². The van der Waals surface area contributed by atoms with Crippen LogP contribution in [-0.4, -0.2) is 4.89 Å². The molecule has 1 fully saturated rings. The summed E-state index contributed by atoms with van der Waals surface area (Å²) in [6.45, 7) is 0. The molecule has 1 heterocycles. The van der Waals surface area contributed by atoms with E-state index in [1.165, 1.54) is 31.8 Å². The minimum atomic E-state index is -2.31. The number of benzene rings is 6. The summed E-state index contributed by atoms with van der Waals surface area (Å²) < 4.78 is 22.2. The van der Waals surface area contributed by atoms with Crippen molar-refractivity contribution >= 4 is 47.7 Å². The SMILES string of the molecule is F[C]1(F)[CH2][Ni]1.c1ccc(P(c2ccccc2)c2ccccc2)cc1.c1ccc(P(c2ccccc2)c2ccccc2)cc1. The number of hydrogen-bond acceptors (Lipinski definition) is 0. The summed E-state index contributed by atoms with van der Waals surface area (Å²) in [6.07, 6.45) is 0. The van der Waals surface area contributed by atoms with Gasteiger partial charge in [-0.3, -0.25) is 0 Å². The first-order valence-corrected chi connectivity index (χ1v) is 17.8. The minimum Gasteiger partial charge on any atom is -0.0622 e. The monoisotopic (exact) mass is 646 g/mol. The molecule has 0 spiro atoms. The summed E-state index contributed by atoms with van der Waals surface area (Å²) in [5, 5.41) is 8.44. The average molecular weight is 647 g/mol. The van der Waals surface area contributed by atoms with Crippen molar-refractivity contribution in [2.45, 2.75) is 10.3 Å². The van der Waals surface area contributed by atoms with Crippen LogP contribution >= 0.6 is 15.8 Å². The van der Waals surface area contributed by atoms with E-state index in [4.69, 9.17) is 0 Å². The van der Waals surface area contributed by atoms with E-state index < -0.39 is 20.7 Å². The third-order valence-electron chi connectivity index (χ3n) is 6.37. The Morgan fingerprint density at radius 3 is 0.605 bits per heavy atom. The largest absolute Gasteiger partial charge is 0.0622 e. The van der Waals surface area contributed by atoms with Crippen molar-refractivity contribution < 1.29 is 23.2 Å². The van der Waals surface area contributed by atoms with Crippen LogP contribution in [0.25, 0.3) is 0 Å². The number of alkyl halides is 2. The minimum absolute atomic E-state index is 0.0556. The molecule has 0 bridgehead atoms. The molecule has 0 radical (unpaired) electrons. The first kappa shape index (κ1) is 31.0. The Hall–Kier alpha value is -3.47. The van der Waals surface area contributed by atoms with Gasteiger partial charge in [0.15, 0.2) is 0 Å². The van der Waals surface area contributed by atoms with Crippen LogP contribution in [0.15, 0.2) is 182 Å². The second-order valence-electron chi connectivity index (χ2n) is 9.48. The first-order valence-electron chi connectivity index (χ1n) is 13.9. The van der Waals surface area contributed by atoms with E-state index in [2.05, 4.69) is 182 Å². The van der Waals surface area contributed by atoms with E-state index in [1.54, 1.807) is 0 Å². The molecule has 0 saturated carbocycles. The normalized spacial score (nSPS) is 13.0. The summed E-state index contributed by atoms with van der Waals surface area (Å²) in [7, 11) is -0.892. The number of rotatable bonds is 6. The molecular formula is C38H32F2NiP2. The molecule has 0 aromatic heterocycles. The van der Waals surface area contributed by atoms with Crippen molar-refractivity contribution in [2.75, 3.05) is 0 Å². The zero-order chi connectivity index (χ0) is 29.7. The van der Waals surface area contributed by atoms with Crippen molar-refractivity contribution in [2.24, 2.45) is 0 Å². The predicted octanol–water partition coefficient (Wildman–Crippen LogP) is 7.98. The summed E-state index contributed by atoms with van der Waals surface area (Å²) >= 11 is 0.549. The molecule has 1 saturated heterocycles. The summed E-state index contributed by atoms with van der Waals surface area (Å²) in [4.78, 5) is -2.31. The van der Waals surface area contributed by atoms with Crippen LogP contribution in [0, 0.1) is 0 Å². The second-order valence-corrected chi connectivity index (χ2v) is 15.3. The topological polar surface area (TPSA) is 0 Å². The van der Waals surface area contributed by atoms with Crippen LogP contribution in [0.5, 0.6) is 0 Å². The maximum absolute atomic E-state index is 11.1. The van der Waals surface area contributed by atoms with Gasteiger partial charge < -0.3 is 0 Å². The van der Waals surface area contributed by atoms with Gasteiger partial charge >= 0.3 is 33.5 Å². The number of hydrogen-bond donors (Lipinski definition) is 0. The Kier molecular flexibility index (Phi) is 11.4. The maximum atomic E-state index is 11.1. The standard InChI is InChI=1S/2C18H15P.C2H2F2.Ni/c2*1-4-10-16(11-5-1)19(17-12-6-2-7-13-17)18-14-8-3-9-15-18;1-2(3)4;/h2*1-15H;1H2;. The van der Waals surface area contributed by atoms with E-state index in [0.717, 1.165) is 0 Å². The number of halogens is 2. The smallest absolute Gasteiger partial charge is 0.0134 e. The molecule has 6 aromatic carbocycles. The quantitative estimate of drug-likeness (QED) is 0.127. The van der Waals surface area contributed by atoms with E-state index in [1.807, 2.05) is 0 Å². The van der Waals surface area contributed by atoms with Crippen molar-refractivity contribution in [1.29, 1.82) is 0 Å². The molecule has 1 aliphatic heterocycles. The Morgan fingerprint density at radius 1 is 0.349 bits per heavy atom. The average Bonchev–Trinajstić information content (AvgIpc) is 3.79. The van der Waals surface area contributed by atoms with Crippen molar-refractivity contribution in [3.8, 4) is 0 Å². The van der Waals surface area contributed by atoms with E-state index >= 15 is 0 Å². The Balaban J connectivity index is 0.000000147. The molecule has 0 amide bonds. The Morgan fingerprint density at radius 2 is 0.488 bits per heavy atom. The van der Waals surface area contributed by atoms with Gasteiger partial charge in [-0.25, -0.2) is 0 Å². The van der Waals surface area contributed by atoms with Crippen LogP contribution in [0.4, 0.5) is 8.78 Å². The van der Waals surface area contributed by atoms with Gasteiger partial charge in [-0.1, -0.05) is 182 Å². The summed E-state index contributed by atoms with van der Waals surface area (Å²) in [5.41, 5.74) is 0. The third-order valence-corrected chi connectivity index (χ3v) is 12.1. The fourth-order valence-corrected chi connectivity index (χ4v) is 9.14. The van der Waals surface area contributed by atoms with Gasteiger partial charge in [0.25, 0.3) is 0 Å². The van der Waals surface area contributed by atoms with Crippen LogP contribution in [0.1, 0.15) is 0 Å². The van der Waals surface area contributed by atoms with Gasteiger partial charge in [0.1, 0.15) is 0 Å². The molecular weight excluding hydrogens is 615 g/mol. The van der Waals surface area contributed by atoms with Crippen molar-refractivity contribution in [3.05, 3.63) is 182 Å². The Bertz CT molecular complexity index is 1310. The molecule has 43 heavy (non-hydrogen) atoms. The van der Waals surface area contributed by atoms with Gasteiger partial charge in [0.2, 0.25) is 0 Å². The zero-order valence-electron chi connectivity index (χ0n) is 23.5. The van der Waals surface area contributed by atoms with E-state index in [-0.39, 0.29) is 5.39 Å². The molecule has 0 N–H and O–H groups in total. The third kappa shape index (κ3) is 9.51. The predicted molar refractivity (Wildman–Crippen MR) is 180 cm³/mol. The fraction of sp³-hybridized carbons (Fsp3) is 0.0526. The maximum Gasteiger partial charge on any atom is -0.0134 e. The molecule has 0 atom stereocenters. The molecule has 0 nitrogen and oxygen atoms in total. The van der Waals surface area contributed by atoms with Gasteiger partial charge in [-0.2, -0.15) is 0 Å².